The van der Waals surface area contributed by atoms with E-state index in [1.54, 1.807) is 0 Å². The summed E-state index contributed by atoms with van der Waals surface area (Å²) in [6, 6.07) is 8.78. The Hall–Kier alpha value is -1.69. The Morgan fingerprint density at radius 3 is 2.81 bits per heavy atom. The molecule has 1 spiro atoms. The van der Waals surface area contributed by atoms with E-state index in [-0.39, 0.29) is 17.6 Å². The third-order valence-electron chi connectivity index (χ3n) is 6.48. The molecule has 1 saturated heterocycles. The van der Waals surface area contributed by atoms with Crippen LogP contribution in [0, 0.1) is 0 Å². The van der Waals surface area contributed by atoms with E-state index in [9.17, 15) is 5.11 Å². The Kier molecular flexibility index (Phi) is 4.86. The largest absolute Gasteiger partial charge is 0.390 e. The molecule has 2 heterocycles. The number of aliphatic hydroxyl groups excluding tert-OH is 1. The van der Waals surface area contributed by atoms with E-state index in [1.807, 2.05) is 19.4 Å². The van der Waals surface area contributed by atoms with Crippen LogP contribution in [0.15, 0.2) is 36.7 Å². The summed E-state index contributed by atoms with van der Waals surface area (Å²) in [5.74, 6) is 1.13. The quantitative estimate of drug-likeness (QED) is 0.863. The highest BCUT2D eigenvalue weighted by Crippen LogP contribution is 2.51. The maximum Gasteiger partial charge on any atom is 0.108 e. The molecule has 26 heavy (non-hydrogen) atoms. The fourth-order valence-electron chi connectivity index (χ4n) is 5.02. The minimum absolute atomic E-state index is 0.0829. The number of hydrogen-bond donors (Lipinski definition) is 2. The van der Waals surface area contributed by atoms with Gasteiger partial charge < -0.3 is 15.0 Å². The van der Waals surface area contributed by atoms with Gasteiger partial charge in [-0.25, -0.2) is 4.98 Å². The van der Waals surface area contributed by atoms with Crippen molar-refractivity contribution < 1.29 is 5.11 Å². The number of rotatable bonds is 5. The summed E-state index contributed by atoms with van der Waals surface area (Å²) in [6.07, 6.45) is 7.56. The molecule has 1 fully saturated rings. The summed E-state index contributed by atoms with van der Waals surface area (Å²) in [7, 11) is 4.20. The fourth-order valence-corrected chi connectivity index (χ4v) is 5.02. The van der Waals surface area contributed by atoms with Gasteiger partial charge in [0.25, 0.3) is 0 Å². The van der Waals surface area contributed by atoms with Crippen molar-refractivity contribution in [3.8, 4) is 0 Å². The lowest BCUT2D eigenvalue weighted by Gasteiger charge is -2.40. The van der Waals surface area contributed by atoms with Crippen LogP contribution in [0.3, 0.4) is 0 Å². The standard InChI is InChI=1S/C21H30N4O/c1-24-15-13-23-18(24)8-5-14-25(2)19-16-6-3-4-7-17(16)21(20(19)26)9-11-22-12-10-21/h3-4,6-7,13,15,19-20,22,26H,5,8-12,14H2,1-2H3/t19-,20+/m1/s1. The number of fused-ring (bicyclic) bond motifs is 2. The smallest absolute Gasteiger partial charge is 0.108 e. The normalized spacial score (nSPS) is 24.3. The number of hydrogen-bond acceptors (Lipinski definition) is 4. The molecule has 0 saturated carbocycles. The molecule has 2 aliphatic rings. The Labute approximate surface area is 156 Å². The molecule has 2 atom stereocenters. The first kappa shape index (κ1) is 17.7. The van der Waals surface area contributed by atoms with Gasteiger partial charge in [-0.05, 0) is 57.1 Å². The van der Waals surface area contributed by atoms with Gasteiger partial charge in [0, 0.05) is 31.3 Å². The summed E-state index contributed by atoms with van der Waals surface area (Å²) in [5, 5.41) is 14.9. The Bertz CT molecular complexity index is 750. The zero-order valence-corrected chi connectivity index (χ0v) is 15.9. The SMILES string of the molecule is CN(CCCc1nccn1C)[C@@H]1c2ccccc2C2(CCNCC2)[C@H]1O. The lowest BCUT2D eigenvalue weighted by Crippen LogP contribution is -2.48. The van der Waals surface area contributed by atoms with E-state index in [1.165, 1.54) is 11.1 Å². The minimum atomic E-state index is -0.333. The molecule has 0 amide bonds. The van der Waals surface area contributed by atoms with E-state index in [4.69, 9.17) is 0 Å². The van der Waals surface area contributed by atoms with Crippen LogP contribution in [-0.4, -0.2) is 52.3 Å². The van der Waals surface area contributed by atoms with Crippen molar-refractivity contribution in [2.24, 2.45) is 7.05 Å². The maximum atomic E-state index is 11.4. The lowest BCUT2D eigenvalue weighted by molar-refractivity contribution is 0.00633. The Balaban J connectivity index is 1.51. The average Bonchev–Trinajstić information content (AvgIpc) is 3.16. The number of aromatic nitrogens is 2. The first-order valence-electron chi connectivity index (χ1n) is 9.78. The van der Waals surface area contributed by atoms with Crippen LogP contribution in [0.5, 0.6) is 0 Å². The van der Waals surface area contributed by atoms with Gasteiger partial charge in [0.05, 0.1) is 12.1 Å². The van der Waals surface area contributed by atoms with Crippen molar-refractivity contribution >= 4 is 0 Å². The van der Waals surface area contributed by atoms with Crippen molar-refractivity contribution in [3.63, 3.8) is 0 Å². The molecule has 1 aliphatic heterocycles. The van der Waals surface area contributed by atoms with Gasteiger partial charge in [-0.3, -0.25) is 4.90 Å². The van der Waals surface area contributed by atoms with E-state index in [0.29, 0.717) is 0 Å². The minimum Gasteiger partial charge on any atom is -0.390 e. The molecule has 1 aromatic heterocycles. The lowest BCUT2D eigenvalue weighted by atomic mass is 9.72. The third kappa shape index (κ3) is 2.88. The first-order chi connectivity index (χ1) is 12.6. The summed E-state index contributed by atoms with van der Waals surface area (Å²) >= 11 is 0. The second-order valence-corrected chi connectivity index (χ2v) is 7.92. The van der Waals surface area contributed by atoms with Crippen molar-refractivity contribution in [3.05, 3.63) is 53.6 Å². The summed E-state index contributed by atoms with van der Waals surface area (Å²) < 4.78 is 2.09. The van der Waals surface area contributed by atoms with Crippen LogP contribution in [0.2, 0.25) is 0 Å². The van der Waals surface area contributed by atoms with Crippen molar-refractivity contribution in [2.45, 2.75) is 43.2 Å². The van der Waals surface area contributed by atoms with Gasteiger partial charge in [-0.15, -0.1) is 0 Å². The molecule has 2 aromatic rings. The molecule has 0 bridgehead atoms. The molecule has 4 rings (SSSR count). The van der Waals surface area contributed by atoms with E-state index in [2.05, 4.69) is 51.1 Å². The highest BCUT2D eigenvalue weighted by molar-refractivity contribution is 5.45. The van der Waals surface area contributed by atoms with Gasteiger partial charge in [0.15, 0.2) is 0 Å². The second kappa shape index (κ2) is 7.14. The predicted octanol–water partition coefficient (Wildman–Crippen LogP) is 2.02. The van der Waals surface area contributed by atoms with Crippen molar-refractivity contribution in [1.29, 1.82) is 0 Å². The van der Waals surface area contributed by atoms with Crippen LogP contribution in [-0.2, 0) is 18.9 Å². The number of piperidine rings is 1. The first-order valence-corrected chi connectivity index (χ1v) is 9.78. The number of aliphatic hydroxyl groups is 1. The summed E-state index contributed by atoms with van der Waals surface area (Å²) in [6.45, 7) is 2.93. The highest BCUT2D eigenvalue weighted by atomic mass is 16.3. The molecule has 5 nitrogen and oxygen atoms in total. The number of benzene rings is 1. The zero-order chi connectivity index (χ0) is 18.1. The van der Waals surface area contributed by atoms with Gasteiger partial charge in [0.2, 0.25) is 0 Å². The van der Waals surface area contributed by atoms with E-state index >= 15 is 0 Å². The molecular formula is C21H30N4O. The van der Waals surface area contributed by atoms with Gasteiger partial charge in [-0.2, -0.15) is 0 Å². The molecular weight excluding hydrogens is 324 g/mol. The summed E-state index contributed by atoms with van der Waals surface area (Å²) in [5.41, 5.74) is 2.61. The molecule has 1 aromatic carbocycles. The van der Waals surface area contributed by atoms with E-state index in [0.717, 1.165) is 51.1 Å². The molecule has 2 N–H and O–H groups in total. The zero-order valence-electron chi connectivity index (χ0n) is 15.9. The number of imidazole rings is 1. The highest BCUT2D eigenvalue weighted by Gasteiger charge is 2.52. The second-order valence-electron chi connectivity index (χ2n) is 7.92. The molecule has 0 radical (unpaired) electrons. The molecule has 1 aliphatic carbocycles. The number of nitrogens with one attached hydrogen (secondary N) is 1. The fraction of sp³-hybridized carbons (Fsp3) is 0.571. The average molecular weight is 354 g/mol. The number of likely N-dealkylation sites (N-methyl/N-ethyl adjacent to an activating group) is 1. The van der Waals surface area contributed by atoms with Gasteiger partial charge in [-0.1, -0.05) is 24.3 Å². The van der Waals surface area contributed by atoms with Crippen LogP contribution < -0.4 is 5.32 Å². The molecule has 140 valence electrons. The molecule has 0 unspecified atom stereocenters. The van der Waals surface area contributed by atoms with Gasteiger partial charge >= 0.3 is 0 Å². The summed E-state index contributed by atoms with van der Waals surface area (Å²) in [4.78, 5) is 6.77. The monoisotopic (exact) mass is 354 g/mol. The Morgan fingerprint density at radius 1 is 1.31 bits per heavy atom. The molecule has 5 heteroatoms. The number of aryl methyl sites for hydroxylation is 2. The number of nitrogens with zero attached hydrogens (tertiary/aromatic N) is 3. The van der Waals surface area contributed by atoms with Crippen LogP contribution in [0.4, 0.5) is 0 Å². The predicted molar refractivity (Wildman–Crippen MR) is 103 cm³/mol. The third-order valence-corrected chi connectivity index (χ3v) is 6.48. The van der Waals surface area contributed by atoms with E-state index < -0.39 is 0 Å². The Morgan fingerprint density at radius 2 is 2.08 bits per heavy atom. The van der Waals surface area contributed by atoms with Crippen LogP contribution in [0.1, 0.15) is 42.3 Å². The van der Waals surface area contributed by atoms with Gasteiger partial charge in [0.1, 0.15) is 5.82 Å². The maximum absolute atomic E-state index is 11.4. The van der Waals surface area contributed by atoms with Crippen LogP contribution in [0.25, 0.3) is 0 Å². The van der Waals surface area contributed by atoms with Crippen molar-refractivity contribution in [1.82, 2.24) is 19.8 Å². The van der Waals surface area contributed by atoms with Crippen LogP contribution >= 0.6 is 0 Å². The van der Waals surface area contributed by atoms with Crippen molar-refractivity contribution in [2.75, 3.05) is 26.7 Å². The topological polar surface area (TPSA) is 53.3 Å².